The highest BCUT2D eigenvalue weighted by Crippen LogP contribution is 2.43. The molecule has 0 aliphatic heterocycles. The Morgan fingerprint density at radius 2 is 1.68 bits per heavy atom. The Bertz CT molecular complexity index is 550. The maximum atomic E-state index is 12.8. The van der Waals surface area contributed by atoms with Crippen LogP contribution in [0.4, 0.5) is 10.1 Å². The molecule has 0 fully saturated rings. The molecular weight excluding hydrogens is 288 g/mol. The largest absolute Gasteiger partial charge is 0.429 e. The lowest BCUT2D eigenvalue weighted by molar-refractivity contribution is 0.492. The normalized spacial score (nSPS) is 13.6. The zero-order chi connectivity index (χ0) is 13.9. The monoisotopic (exact) mass is 299 g/mol. The number of nitrogens with one attached hydrogen (secondary N) is 1. The fourth-order valence-corrected chi connectivity index (χ4v) is 2.79. The molecule has 0 amide bonds. The molecule has 0 heterocycles. The maximum Gasteiger partial charge on any atom is 0.338 e. The van der Waals surface area contributed by atoms with Crippen LogP contribution in [0.5, 0.6) is 5.75 Å². The minimum absolute atomic E-state index is 0.341. The molecule has 6 heteroatoms. The van der Waals surface area contributed by atoms with Crippen molar-refractivity contribution < 1.29 is 13.5 Å². The lowest BCUT2D eigenvalue weighted by atomic mass is 10.3. The molecule has 2 aromatic rings. The molecule has 0 radical (unpaired) electrons. The Labute approximate surface area is 115 Å². The van der Waals surface area contributed by atoms with Gasteiger partial charge in [-0.1, -0.05) is 11.6 Å². The molecule has 100 valence electrons. The van der Waals surface area contributed by atoms with Gasteiger partial charge in [0.15, 0.2) is 0 Å². The average molecular weight is 300 g/mol. The molecule has 0 aliphatic rings. The number of anilines is 1. The van der Waals surface area contributed by atoms with Gasteiger partial charge in [0.2, 0.25) is 0 Å². The summed E-state index contributed by atoms with van der Waals surface area (Å²) in [6.07, 6.45) is 0. The predicted octanol–water partition coefficient (Wildman–Crippen LogP) is 4.79. The molecule has 0 aromatic heterocycles. The highest BCUT2D eigenvalue weighted by Gasteiger charge is 2.17. The van der Waals surface area contributed by atoms with Gasteiger partial charge in [-0.05, 0) is 48.5 Å². The van der Waals surface area contributed by atoms with Crippen LogP contribution in [0.25, 0.3) is 0 Å². The van der Waals surface area contributed by atoms with E-state index in [-0.39, 0.29) is 5.82 Å². The third-order valence-electron chi connectivity index (χ3n) is 2.27. The Morgan fingerprint density at radius 1 is 1.11 bits per heavy atom. The molecule has 0 unspecified atom stereocenters. The van der Waals surface area contributed by atoms with Gasteiger partial charge in [0.05, 0.1) is 0 Å². The lowest BCUT2D eigenvalue weighted by Crippen LogP contribution is -2.02. The second kappa shape index (κ2) is 5.64. The summed E-state index contributed by atoms with van der Waals surface area (Å²) < 4.78 is 30.3. The van der Waals surface area contributed by atoms with E-state index in [0.717, 1.165) is 0 Å². The first-order valence-corrected chi connectivity index (χ1v) is 7.96. The van der Waals surface area contributed by atoms with E-state index >= 15 is 0 Å². The van der Waals surface area contributed by atoms with Gasteiger partial charge in [-0.3, -0.25) is 4.57 Å². The minimum atomic E-state index is -3.08. The minimum Gasteiger partial charge on any atom is -0.429 e. The van der Waals surface area contributed by atoms with Gasteiger partial charge in [0, 0.05) is 17.4 Å². The summed E-state index contributed by atoms with van der Waals surface area (Å²) in [4.78, 5) is 0. The zero-order valence-electron chi connectivity index (χ0n) is 10.1. The molecule has 1 atom stereocenters. The Morgan fingerprint density at radius 3 is 2.26 bits per heavy atom. The van der Waals surface area contributed by atoms with Crippen molar-refractivity contribution in [2.75, 3.05) is 11.8 Å². The summed E-state index contributed by atoms with van der Waals surface area (Å²) in [5, 5.41) is 3.38. The van der Waals surface area contributed by atoms with E-state index in [1.54, 1.807) is 24.3 Å². The van der Waals surface area contributed by atoms with Crippen LogP contribution in [0, 0.1) is 5.82 Å². The number of benzene rings is 2. The van der Waals surface area contributed by atoms with Gasteiger partial charge in [-0.15, -0.1) is 0 Å². The van der Waals surface area contributed by atoms with Gasteiger partial charge in [-0.2, -0.15) is 0 Å². The molecule has 0 aliphatic carbocycles. The van der Waals surface area contributed by atoms with Crippen molar-refractivity contribution in [3.63, 3.8) is 0 Å². The van der Waals surface area contributed by atoms with Crippen LogP contribution in [0.1, 0.15) is 0 Å². The van der Waals surface area contributed by atoms with E-state index < -0.39 is 7.52 Å². The highest BCUT2D eigenvalue weighted by atomic mass is 35.5. The van der Waals surface area contributed by atoms with Gasteiger partial charge in [0.1, 0.15) is 11.6 Å². The zero-order valence-corrected chi connectivity index (χ0v) is 11.8. The number of halogens is 2. The van der Waals surface area contributed by atoms with Gasteiger partial charge in [0.25, 0.3) is 0 Å². The smallest absolute Gasteiger partial charge is 0.338 e. The second-order valence-corrected chi connectivity index (χ2v) is 6.54. The number of hydrogen-bond donors (Lipinski definition) is 1. The van der Waals surface area contributed by atoms with Gasteiger partial charge >= 0.3 is 7.52 Å². The van der Waals surface area contributed by atoms with Crippen LogP contribution < -0.4 is 9.61 Å². The van der Waals surface area contributed by atoms with Crippen LogP contribution in [0.2, 0.25) is 5.02 Å². The van der Waals surface area contributed by atoms with Crippen LogP contribution in [-0.2, 0) is 4.57 Å². The molecule has 0 saturated carbocycles. The van der Waals surface area contributed by atoms with Crippen molar-refractivity contribution in [1.82, 2.24) is 0 Å². The Hall–Kier alpha value is -1.51. The number of hydrogen-bond acceptors (Lipinski definition) is 2. The van der Waals surface area contributed by atoms with Gasteiger partial charge < -0.3 is 9.61 Å². The van der Waals surface area contributed by atoms with Crippen LogP contribution in [0.15, 0.2) is 48.5 Å². The maximum absolute atomic E-state index is 12.8. The third-order valence-corrected chi connectivity index (χ3v) is 3.75. The Balaban J connectivity index is 2.08. The SMILES string of the molecule is C[P@](=O)(Nc1ccc(Cl)cc1)Oc1ccc(F)cc1. The topological polar surface area (TPSA) is 38.3 Å². The lowest BCUT2D eigenvalue weighted by Gasteiger charge is -2.17. The molecule has 0 bridgehead atoms. The predicted molar refractivity (Wildman–Crippen MR) is 75.6 cm³/mol. The molecule has 19 heavy (non-hydrogen) atoms. The fraction of sp³-hybridized carbons (Fsp3) is 0.0769. The van der Waals surface area contributed by atoms with Crippen molar-refractivity contribution in [2.45, 2.75) is 0 Å². The van der Waals surface area contributed by atoms with E-state index in [9.17, 15) is 8.96 Å². The first-order valence-electron chi connectivity index (χ1n) is 5.51. The van der Waals surface area contributed by atoms with E-state index in [4.69, 9.17) is 16.1 Å². The van der Waals surface area contributed by atoms with E-state index in [2.05, 4.69) is 5.09 Å². The average Bonchev–Trinajstić information content (AvgIpc) is 2.34. The molecule has 2 rings (SSSR count). The molecule has 0 spiro atoms. The van der Waals surface area contributed by atoms with Crippen molar-refractivity contribution in [2.24, 2.45) is 0 Å². The van der Waals surface area contributed by atoms with Crippen LogP contribution >= 0.6 is 19.1 Å². The van der Waals surface area contributed by atoms with Crippen molar-refractivity contribution >= 4 is 24.8 Å². The summed E-state index contributed by atoms with van der Waals surface area (Å²) in [5.74, 6) is -0.0300. The first kappa shape index (κ1) is 13.9. The van der Waals surface area contributed by atoms with Crippen LogP contribution in [0.3, 0.4) is 0 Å². The molecule has 3 nitrogen and oxygen atoms in total. The third kappa shape index (κ3) is 4.27. The summed E-state index contributed by atoms with van der Waals surface area (Å²) in [7, 11) is -3.08. The molecule has 1 N–H and O–H groups in total. The van der Waals surface area contributed by atoms with Crippen molar-refractivity contribution in [1.29, 1.82) is 0 Å². The molecule has 0 saturated heterocycles. The summed E-state index contributed by atoms with van der Waals surface area (Å²) in [6, 6.07) is 12.1. The van der Waals surface area contributed by atoms with E-state index in [1.165, 1.54) is 30.9 Å². The fourth-order valence-electron chi connectivity index (χ4n) is 1.48. The van der Waals surface area contributed by atoms with E-state index in [0.29, 0.717) is 16.5 Å². The summed E-state index contributed by atoms with van der Waals surface area (Å²) >= 11 is 5.76. The molecular formula is C13H12ClFNO2P. The van der Waals surface area contributed by atoms with Gasteiger partial charge in [-0.25, -0.2) is 4.39 Å². The Kier molecular flexibility index (Phi) is 4.13. The molecule has 2 aromatic carbocycles. The van der Waals surface area contributed by atoms with Crippen LogP contribution in [-0.4, -0.2) is 6.66 Å². The quantitative estimate of drug-likeness (QED) is 0.825. The summed E-state index contributed by atoms with van der Waals surface area (Å²) in [6.45, 7) is 1.45. The second-order valence-electron chi connectivity index (χ2n) is 4.01. The standard InChI is InChI=1S/C13H12ClFNO2P/c1-19(17,16-12-6-2-10(14)3-7-12)18-13-8-4-11(15)5-9-13/h2-9H,1H3,(H,16,17)/t19-/m1/s1. The highest BCUT2D eigenvalue weighted by molar-refractivity contribution is 7.60. The van der Waals surface area contributed by atoms with E-state index in [1.807, 2.05) is 0 Å². The summed E-state index contributed by atoms with van der Waals surface area (Å²) in [5.41, 5.74) is 0.636. The first-order chi connectivity index (χ1) is 8.94. The van der Waals surface area contributed by atoms with Crippen molar-refractivity contribution in [3.8, 4) is 5.75 Å². The van der Waals surface area contributed by atoms with Crippen molar-refractivity contribution in [3.05, 3.63) is 59.4 Å². The number of rotatable bonds is 4.